The lowest BCUT2D eigenvalue weighted by atomic mass is 10.0. The predicted molar refractivity (Wildman–Crippen MR) is 72.2 cm³/mol. The number of aryl methyl sites for hydroxylation is 1. The van der Waals surface area contributed by atoms with E-state index >= 15 is 0 Å². The highest BCUT2D eigenvalue weighted by Crippen LogP contribution is 2.24. The molecule has 1 aromatic heterocycles. The van der Waals surface area contributed by atoms with Crippen LogP contribution in [0.1, 0.15) is 42.7 Å². The molecule has 0 aliphatic carbocycles. The van der Waals surface area contributed by atoms with Crippen molar-refractivity contribution in [3.05, 3.63) is 35.5 Å². The molecule has 0 saturated heterocycles. The SMILES string of the molecule is CCn1nnc(C(=O)O)c1-c1ccc(C(C)C)cc1. The van der Waals surface area contributed by atoms with Gasteiger partial charge >= 0.3 is 5.97 Å². The summed E-state index contributed by atoms with van der Waals surface area (Å²) in [6.45, 7) is 6.74. The summed E-state index contributed by atoms with van der Waals surface area (Å²) in [5.74, 6) is -0.607. The van der Waals surface area contributed by atoms with Crippen LogP contribution in [0, 0.1) is 0 Å². The molecule has 1 N–H and O–H groups in total. The number of hydrogen-bond acceptors (Lipinski definition) is 3. The first-order valence-corrected chi connectivity index (χ1v) is 6.31. The standard InChI is InChI=1S/C14H17N3O2/c1-4-17-13(12(14(18)19)15-16-17)11-7-5-10(6-8-11)9(2)3/h5-9H,4H2,1-3H3,(H,18,19). The zero-order valence-electron chi connectivity index (χ0n) is 11.3. The second-order valence-corrected chi connectivity index (χ2v) is 4.68. The van der Waals surface area contributed by atoms with Gasteiger partial charge in [0, 0.05) is 12.1 Å². The Labute approximate surface area is 111 Å². The van der Waals surface area contributed by atoms with Gasteiger partial charge in [-0.3, -0.25) is 0 Å². The zero-order chi connectivity index (χ0) is 14.0. The van der Waals surface area contributed by atoms with Gasteiger partial charge in [-0.15, -0.1) is 5.10 Å². The first kappa shape index (κ1) is 13.3. The maximum absolute atomic E-state index is 11.2. The van der Waals surface area contributed by atoms with Crippen LogP contribution in [0.3, 0.4) is 0 Å². The third kappa shape index (κ3) is 2.50. The van der Waals surface area contributed by atoms with Crippen LogP contribution in [-0.4, -0.2) is 26.1 Å². The number of hydrogen-bond donors (Lipinski definition) is 1. The summed E-state index contributed by atoms with van der Waals surface area (Å²) < 4.78 is 1.60. The van der Waals surface area contributed by atoms with Crippen molar-refractivity contribution in [2.24, 2.45) is 0 Å². The van der Waals surface area contributed by atoms with Crippen molar-refractivity contribution in [2.45, 2.75) is 33.2 Å². The highest BCUT2D eigenvalue weighted by molar-refractivity contribution is 5.92. The average molecular weight is 259 g/mol. The van der Waals surface area contributed by atoms with Crippen molar-refractivity contribution in [2.75, 3.05) is 0 Å². The van der Waals surface area contributed by atoms with E-state index in [9.17, 15) is 4.79 Å². The third-order valence-corrected chi connectivity index (χ3v) is 3.09. The molecule has 0 bridgehead atoms. The van der Waals surface area contributed by atoms with E-state index < -0.39 is 5.97 Å². The topological polar surface area (TPSA) is 68.0 Å². The molecule has 0 aliphatic rings. The molecule has 19 heavy (non-hydrogen) atoms. The molecule has 5 nitrogen and oxygen atoms in total. The lowest BCUT2D eigenvalue weighted by Gasteiger charge is -2.08. The zero-order valence-corrected chi connectivity index (χ0v) is 11.3. The van der Waals surface area contributed by atoms with Crippen LogP contribution < -0.4 is 0 Å². The number of nitrogens with zero attached hydrogens (tertiary/aromatic N) is 3. The number of carboxylic acids is 1. The summed E-state index contributed by atoms with van der Waals surface area (Å²) in [5.41, 5.74) is 2.61. The molecule has 1 heterocycles. The Morgan fingerprint density at radius 2 is 1.95 bits per heavy atom. The molecule has 100 valence electrons. The van der Waals surface area contributed by atoms with Crippen molar-refractivity contribution < 1.29 is 9.90 Å². The van der Waals surface area contributed by atoms with Gasteiger partial charge in [0.15, 0.2) is 5.69 Å². The molecule has 0 aliphatic heterocycles. The van der Waals surface area contributed by atoms with Gasteiger partial charge in [-0.25, -0.2) is 9.48 Å². The fourth-order valence-corrected chi connectivity index (χ4v) is 1.99. The Balaban J connectivity index is 2.51. The van der Waals surface area contributed by atoms with Crippen molar-refractivity contribution in [3.63, 3.8) is 0 Å². The Kier molecular flexibility index (Phi) is 3.64. The molecule has 0 atom stereocenters. The van der Waals surface area contributed by atoms with E-state index in [0.29, 0.717) is 18.2 Å². The van der Waals surface area contributed by atoms with E-state index in [-0.39, 0.29) is 5.69 Å². The van der Waals surface area contributed by atoms with Crippen LogP contribution in [0.15, 0.2) is 24.3 Å². The predicted octanol–water partition coefficient (Wildman–Crippen LogP) is 2.79. The van der Waals surface area contributed by atoms with E-state index in [1.54, 1.807) is 4.68 Å². The van der Waals surface area contributed by atoms with Gasteiger partial charge in [0.1, 0.15) is 5.69 Å². The fourth-order valence-electron chi connectivity index (χ4n) is 1.99. The first-order chi connectivity index (χ1) is 9.04. The summed E-state index contributed by atoms with van der Waals surface area (Å²) in [5, 5.41) is 16.8. The van der Waals surface area contributed by atoms with Gasteiger partial charge in [-0.2, -0.15) is 0 Å². The van der Waals surface area contributed by atoms with Crippen molar-refractivity contribution >= 4 is 5.97 Å². The van der Waals surface area contributed by atoms with Crippen LogP contribution >= 0.6 is 0 Å². The first-order valence-electron chi connectivity index (χ1n) is 6.31. The summed E-state index contributed by atoms with van der Waals surface area (Å²) in [6.07, 6.45) is 0. The molecule has 1 aromatic carbocycles. The average Bonchev–Trinajstić information content (AvgIpc) is 2.82. The van der Waals surface area contributed by atoms with E-state index in [1.807, 2.05) is 31.2 Å². The van der Waals surface area contributed by atoms with Gasteiger partial charge in [0.05, 0.1) is 0 Å². The molecule has 0 radical (unpaired) electrons. The van der Waals surface area contributed by atoms with Gasteiger partial charge in [0.2, 0.25) is 0 Å². The van der Waals surface area contributed by atoms with E-state index in [2.05, 4.69) is 24.2 Å². The highest BCUT2D eigenvalue weighted by atomic mass is 16.4. The van der Waals surface area contributed by atoms with Crippen molar-refractivity contribution in [1.82, 2.24) is 15.0 Å². The maximum Gasteiger partial charge on any atom is 0.358 e. The molecular formula is C14H17N3O2. The minimum Gasteiger partial charge on any atom is -0.476 e. The number of aromatic nitrogens is 3. The molecule has 0 unspecified atom stereocenters. The minimum atomic E-state index is -1.05. The number of aromatic carboxylic acids is 1. The summed E-state index contributed by atoms with van der Waals surface area (Å²) in [7, 11) is 0. The monoisotopic (exact) mass is 259 g/mol. The Bertz CT molecular complexity index is 585. The van der Waals surface area contributed by atoms with Gasteiger partial charge in [-0.05, 0) is 18.4 Å². The van der Waals surface area contributed by atoms with Crippen molar-refractivity contribution in [1.29, 1.82) is 0 Å². The second kappa shape index (κ2) is 5.22. The summed E-state index contributed by atoms with van der Waals surface area (Å²) >= 11 is 0. The molecule has 0 saturated carbocycles. The number of benzene rings is 1. The van der Waals surface area contributed by atoms with Crippen LogP contribution in [0.5, 0.6) is 0 Å². The molecule has 2 aromatic rings. The highest BCUT2D eigenvalue weighted by Gasteiger charge is 2.19. The van der Waals surface area contributed by atoms with Crippen molar-refractivity contribution in [3.8, 4) is 11.3 Å². The van der Waals surface area contributed by atoms with Gasteiger partial charge in [0.25, 0.3) is 0 Å². The van der Waals surface area contributed by atoms with E-state index in [0.717, 1.165) is 5.56 Å². The lowest BCUT2D eigenvalue weighted by Crippen LogP contribution is -2.03. The normalized spacial score (nSPS) is 10.9. The fraction of sp³-hybridized carbons (Fsp3) is 0.357. The van der Waals surface area contributed by atoms with Crippen LogP contribution in [0.4, 0.5) is 0 Å². The molecule has 0 spiro atoms. The Morgan fingerprint density at radius 3 is 2.42 bits per heavy atom. The number of carboxylic acid groups (broad SMARTS) is 1. The number of rotatable bonds is 4. The van der Waals surface area contributed by atoms with E-state index in [4.69, 9.17) is 5.11 Å². The summed E-state index contributed by atoms with van der Waals surface area (Å²) in [4.78, 5) is 11.2. The van der Waals surface area contributed by atoms with Gasteiger partial charge < -0.3 is 5.11 Å². The van der Waals surface area contributed by atoms with E-state index in [1.165, 1.54) is 5.56 Å². The van der Waals surface area contributed by atoms with Gasteiger partial charge in [-0.1, -0.05) is 43.3 Å². The van der Waals surface area contributed by atoms with Crippen LogP contribution in [0.2, 0.25) is 0 Å². The summed E-state index contributed by atoms with van der Waals surface area (Å²) in [6, 6.07) is 7.87. The smallest absolute Gasteiger partial charge is 0.358 e. The minimum absolute atomic E-state index is 0.000790. The molecule has 2 rings (SSSR count). The molecular weight excluding hydrogens is 242 g/mol. The largest absolute Gasteiger partial charge is 0.476 e. The third-order valence-electron chi connectivity index (χ3n) is 3.09. The lowest BCUT2D eigenvalue weighted by molar-refractivity contribution is 0.0691. The molecule has 0 fully saturated rings. The Hall–Kier alpha value is -2.17. The van der Waals surface area contributed by atoms with Crippen LogP contribution in [0.25, 0.3) is 11.3 Å². The Morgan fingerprint density at radius 1 is 1.32 bits per heavy atom. The maximum atomic E-state index is 11.2. The number of carbonyl (C=O) groups is 1. The quantitative estimate of drug-likeness (QED) is 0.916. The second-order valence-electron chi connectivity index (χ2n) is 4.68. The molecule has 0 amide bonds. The van der Waals surface area contributed by atoms with Crippen LogP contribution in [-0.2, 0) is 6.54 Å². The molecule has 5 heteroatoms.